The van der Waals surface area contributed by atoms with Crippen molar-refractivity contribution >= 4 is 11.9 Å². The Labute approximate surface area is 122 Å². The van der Waals surface area contributed by atoms with Gasteiger partial charge in [-0.1, -0.05) is 53.9 Å². The molecule has 0 saturated carbocycles. The third-order valence-electron chi connectivity index (χ3n) is 5.10. The molecular weight excluding hydrogens is 256 g/mol. The Bertz CT molecular complexity index is 356. The van der Waals surface area contributed by atoms with Crippen LogP contribution in [0.1, 0.15) is 73.6 Å². The van der Waals surface area contributed by atoms with Gasteiger partial charge in [-0.2, -0.15) is 0 Å². The van der Waals surface area contributed by atoms with E-state index in [9.17, 15) is 19.8 Å². The molecule has 0 aliphatic rings. The van der Waals surface area contributed by atoms with Crippen LogP contribution in [0.25, 0.3) is 0 Å². The van der Waals surface area contributed by atoms with E-state index in [1.165, 1.54) is 0 Å². The summed E-state index contributed by atoms with van der Waals surface area (Å²) >= 11 is 0. The number of rotatable bonds is 8. The van der Waals surface area contributed by atoms with Gasteiger partial charge in [0.25, 0.3) is 0 Å². The summed E-state index contributed by atoms with van der Waals surface area (Å²) < 4.78 is 0. The molecule has 0 aliphatic heterocycles. The molecule has 2 atom stereocenters. The molecule has 0 aromatic rings. The lowest BCUT2D eigenvalue weighted by molar-refractivity contribution is -0.186. The van der Waals surface area contributed by atoms with Gasteiger partial charge in [0.2, 0.25) is 0 Å². The summed E-state index contributed by atoms with van der Waals surface area (Å²) in [7, 11) is 0. The highest BCUT2D eigenvalue weighted by molar-refractivity contribution is 5.87. The molecule has 0 fully saturated rings. The van der Waals surface area contributed by atoms with Gasteiger partial charge in [-0.05, 0) is 25.2 Å². The van der Waals surface area contributed by atoms with E-state index in [1.807, 2.05) is 20.8 Å². The van der Waals surface area contributed by atoms with E-state index in [2.05, 4.69) is 6.92 Å². The molecule has 0 saturated heterocycles. The second-order valence-electron chi connectivity index (χ2n) is 6.88. The van der Waals surface area contributed by atoms with Gasteiger partial charge in [-0.15, -0.1) is 0 Å². The molecule has 4 heteroatoms. The molecule has 0 heterocycles. The van der Waals surface area contributed by atoms with E-state index < -0.39 is 28.2 Å². The average molecular weight is 286 g/mol. The van der Waals surface area contributed by atoms with Gasteiger partial charge in [0.1, 0.15) is 0 Å². The molecule has 0 aromatic heterocycles. The van der Waals surface area contributed by atoms with Gasteiger partial charge in [0.15, 0.2) is 0 Å². The smallest absolute Gasteiger partial charge is 0.311 e. The van der Waals surface area contributed by atoms with Gasteiger partial charge < -0.3 is 10.2 Å². The maximum Gasteiger partial charge on any atom is 0.311 e. The van der Waals surface area contributed by atoms with Gasteiger partial charge in [0, 0.05) is 0 Å². The van der Waals surface area contributed by atoms with Crippen molar-refractivity contribution < 1.29 is 19.8 Å². The van der Waals surface area contributed by atoms with Crippen LogP contribution in [0.2, 0.25) is 0 Å². The Morgan fingerprint density at radius 2 is 1.40 bits per heavy atom. The fourth-order valence-corrected chi connectivity index (χ4v) is 3.17. The zero-order chi connectivity index (χ0) is 16.2. The van der Waals surface area contributed by atoms with E-state index in [4.69, 9.17) is 0 Å². The number of unbranched alkanes of at least 4 members (excludes halogenated alkanes) is 2. The summed E-state index contributed by atoms with van der Waals surface area (Å²) in [6.07, 6.45) is 3.39. The molecule has 0 aromatic carbocycles. The first-order valence-corrected chi connectivity index (χ1v) is 7.48. The third kappa shape index (κ3) is 2.99. The first-order valence-electron chi connectivity index (χ1n) is 7.48. The normalized spacial score (nSPS) is 18.1. The number of hydrogen-bond acceptors (Lipinski definition) is 2. The van der Waals surface area contributed by atoms with Crippen LogP contribution in [0.5, 0.6) is 0 Å². The van der Waals surface area contributed by atoms with Crippen molar-refractivity contribution in [3.05, 3.63) is 0 Å². The van der Waals surface area contributed by atoms with Crippen molar-refractivity contribution in [2.24, 2.45) is 16.2 Å². The predicted octanol–water partition coefficient (Wildman–Crippen LogP) is 4.18. The second kappa shape index (κ2) is 6.59. The average Bonchev–Trinajstić information content (AvgIpc) is 2.32. The molecule has 2 unspecified atom stereocenters. The van der Waals surface area contributed by atoms with Gasteiger partial charge in [-0.3, -0.25) is 9.59 Å². The SMILES string of the molecule is CCCCCC(CC)(C(=O)O)C(C)(C(=O)O)C(C)(C)C. The first-order chi connectivity index (χ1) is 9.01. The van der Waals surface area contributed by atoms with Crippen LogP contribution >= 0.6 is 0 Å². The van der Waals surface area contributed by atoms with Crippen molar-refractivity contribution in [3.8, 4) is 0 Å². The molecule has 0 aliphatic carbocycles. The molecule has 0 rings (SSSR count). The van der Waals surface area contributed by atoms with Crippen molar-refractivity contribution in [3.63, 3.8) is 0 Å². The topological polar surface area (TPSA) is 74.6 Å². The number of carbonyl (C=O) groups is 2. The first kappa shape index (κ1) is 18.9. The van der Waals surface area contributed by atoms with Crippen LogP contribution in [0.15, 0.2) is 0 Å². The molecule has 2 N–H and O–H groups in total. The second-order valence-corrected chi connectivity index (χ2v) is 6.88. The van der Waals surface area contributed by atoms with Crippen LogP contribution in [0.3, 0.4) is 0 Å². The maximum absolute atomic E-state index is 12.0. The summed E-state index contributed by atoms with van der Waals surface area (Å²) in [5, 5.41) is 19.6. The fourth-order valence-electron chi connectivity index (χ4n) is 3.17. The predicted molar refractivity (Wildman–Crippen MR) is 79.7 cm³/mol. The maximum atomic E-state index is 12.0. The highest BCUT2D eigenvalue weighted by atomic mass is 16.4. The summed E-state index contributed by atoms with van der Waals surface area (Å²) in [4.78, 5) is 23.9. The number of hydrogen-bond donors (Lipinski definition) is 2. The van der Waals surface area contributed by atoms with Crippen LogP contribution in [0, 0.1) is 16.2 Å². The molecular formula is C16H30O4. The molecule has 20 heavy (non-hydrogen) atoms. The Hall–Kier alpha value is -1.06. The molecule has 118 valence electrons. The Morgan fingerprint density at radius 1 is 0.900 bits per heavy atom. The van der Waals surface area contributed by atoms with E-state index in [-0.39, 0.29) is 0 Å². The Morgan fingerprint density at radius 3 is 1.65 bits per heavy atom. The highest BCUT2D eigenvalue weighted by Gasteiger charge is 2.62. The van der Waals surface area contributed by atoms with Crippen LogP contribution in [-0.2, 0) is 9.59 Å². The van der Waals surface area contributed by atoms with E-state index in [1.54, 1.807) is 13.8 Å². The number of carboxylic acids is 2. The standard InChI is InChI=1S/C16H30O4/c1-7-9-10-11-16(8-2,13(19)20)15(6,12(17)18)14(3,4)5/h7-11H2,1-6H3,(H,17,18)(H,19,20). The van der Waals surface area contributed by atoms with Gasteiger partial charge in [0.05, 0.1) is 10.8 Å². The zero-order valence-electron chi connectivity index (χ0n) is 13.7. The summed E-state index contributed by atoms with van der Waals surface area (Å²) in [6.45, 7) is 10.9. The number of carboxylic acid groups (broad SMARTS) is 2. The minimum absolute atomic E-state index is 0.326. The Kier molecular flexibility index (Phi) is 6.25. The van der Waals surface area contributed by atoms with Crippen LogP contribution < -0.4 is 0 Å². The van der Waals surface area contributed by atoms with E-state index >= 15 is 0 Å². The van der Waals surface area contributed by atoms with E-state index in [0.717, 1.165) is 19.3 Å². The Balaban J connectivity index is 5.92. The molecule has 0 spiro atoms. The molecule has 0 amide bonds. The van der Waals surface area contributed by atoms with E-state index in [0.29, 0.717) is 12.8 Å². The monoisotopic (exact) mass is 286 g/mol. The van der Waals surface area contributed by atoms with Gasteiger partial charge >= 0.3 is 11.9 Å². The van der Waals surface area contributed by atoms with Crippen LogP contribution in [0.4, 0.5) is 0 Å². The van der Waals surface area contributed by atoms with Crippen molar-refractivity contribution in [2.45, 2.75) is 73.6 Å². The number of aliphatic carboxylic acids is 2. The van der Waals surface area contributed by atoms with Gasteiger partial charge in [-0.25, -0.2) is 0 Å². The van der Waals surface area contributed by atoms with Crippen molar-refractivity contribution in [2.75, 3.05) is 0 Å². The molecule has 0 bridgehead atoms. The summed E-state index contributed by atoms with van der Waals surface area (Å²) in [5.41, 5.74) is -3.18. The summed E-state index contributed by atoms with van der Waals surface area (Å²) in [5.74, 6) is -2.01. The third-order valence-corrected chi connectivity index (χ3v) is 5.10. The zero-order valence-corrected chi connectivity index (χ0v) is 13.7. The molecule has 0 radical (unpaired) electrons. The highest BCUT2D eigenvalue weighted by Crippen LogP contribution is 2.56. The quantitative estimate of drug-likeness (QED) is 0.656. The minimum Gasteiger partial charge on any atom is -0.481 e. The largest absolute Gasteiger partial charge is 0.481 e. The van der Waals surface area contributed by atoms with Crippen molar-refractivity contribution in [1.82, 2.24) is 0 Å². The summed E-state index contributed by atoms with van der Waals surface area (Å²) in [6, 6.07) is 0. The lowest BCUT2D eigenvalue weighted by Gasteiger charge is -2.50. The lowest BCUT2D eigenvalue weighted by atomic mass is 9.50. The van der Waals surface area contributed by atoms with Crippen LogP contribution in [-0.4, -0.2) is 22.2 Å². The van der Waals surface area contributed by atoms with Crippen molar-refractivity contribution in [1.29, 1.82) is 0 Å². The minimum atomic E-state index is -1.31. The fraction of sp³-hybridized carbons (Fsp3) is 0.875. The molecule has 4 nitrogen and oxygen atoms in total. The lowest BCUT2D eigenvalue weighted by Crippen LogP contribution is -2.57.